The van der Waals surface area contributed by atoms with Gasteiger partial charge in [-0.1, -0.05) is 140 Å². The molecule has 0 atom stereocenters. The second kappa shape index (κ2) is 12.8. The van der Waals surface area contributed by atoms with Gasteiger partial charge < -0.3 is 4.57 Å². The minimum atomic E-state index is 0.666. The number of hydrogen-bond acceptors (Lipinski definition) is 5. The summed E-state index contributed by atoms with van der Waals surface area (Å²) in [7, 11) is 0. The topological polar surface area (TPSA) is 43.6 Å². The number of nitrogens with zero attached hydrogens (tertiary/aromatic N) is 4. The van der Waals surface area contributed by atoms with Crippen LogP contribution in [0.1, 0.15) is 0 Å². The van der Waals surface area contributed by atoms with E-state index in [9.17, 15) is 0 Å². The van der Waals surface area contributed by atoms with Crippen molar-refractivity contribution in [2.75, 3.05) is 0 Å². The Morgan fingerprint density at radius 2 is 0.825 bits per heavy atom. The predicted molar refractivity (Wildman–Crippen MR) is 242 cm³/mol. The molecule has 4 aromatic heterocycles. The van der Waals surface area contributed by atoms with Crippen LogP contribution < -0.4 is 0 Å². The summed E-state index contributed by atoms with van der Waals surface area (Å²) in [6.45, 7) is 0. The number of hydrogen-bond donors (Lipinski definition) is 0. The van der Waals surface area contributed by atoms with Gasteiger partial charge in [0, 0.05) is 63.1 Å². The van der Waals surface area contributed by atoms with Crippen LogP contribution in [-0.4, -0.2) is 19.5 Å². The average Bonchev–Trinajstić information content (AvgIpc) is 3.95. The highest BCUT2D eigenvalue weighted by molar-refractivity contribution is 7.26. The van der Waals surface area contributed by atoms with E-state index in [-0.39, 0.29) is 0 Å². The van der Waals surface area contributed by atoms with Crippen molar-refractivity contribution in [2.45, 2.75) is 0 Å². The Hall–Kier alpha value is -6.99. The summed E-state index contributed by atoms with van der Waals surface area (Å²) in [6, 6.07) is 65.0. The van der Waals surface area contributed by atoms with Gasteiger partial charge in [-0.2, -0.15) is 0 Å². The monoisotopic (exact) mass is 762 g/mol. The number of benzene rings is 8. The zero-order valence-electron chi connectivity index (χ0n) is 30.4. The van der Waals surface area contributed by atoms with Crippen LogP contribution in [0.5, 0.6) is 0 Å². The molecule has 0 aliphatic heterocycles. The van der Waals surface area contributed by atoms with Crippen molar-refractivity contribution in [1.82, 2.24) is 19.5 Å². The molecule has 4 heterocycles. The molecule has 12 aromatic rings. The molecule has 0 radical (unpaired) electrons. The standard InChI is InChI=1S/C51H30N4S2/c1-3-12-31(13-4-1)49-52-50(32-14-5-2-6-15-32)54-51(53-49)35-23-26-39-38-25-22-34(29-46(38)56-47(39)30-35)33-24-27-45-41(28-33)40-18-11-21-44(48(40)57-45)55-42-19-9-7-16-36(42)37-17-8-10-20-43(37)55/h1-30H. The molecule has 0 N–H and O–H groups in total. The van der Waals surface area contributed by atoms with Gasteiger partial charge in [0.25, 0.3) is 0 Å². The third kappa shape index (κ3) is 5.22. The first kappa shape index (κ1) is 32.3. The predicted octanol–water partition coefficient (Wildman–Crippen LogP) is 14.4. The molecule has 0 saturated heterocycles. The van der Waals surface area contributed by atoms with Crippen LogP contribution in [-0.2, 0) is 0 Å². The van der Waals surface area contributed by atoms with Gasteiger partial charge in [0.15, 0.2) is 17.5 Å². The van der Waals surface area contributed by atoms with E-state index in [1.54, 1.807) is 0 Å². The van der Waals surface area contributed by atoms with E-state index in [4.69, 9.17) is 15.0 Å². The first-order valence-corrected chi connectivity index (χ1v) is 20.6. The van der Waals surface area contributed by atoms with Gasteiger partial charge in [0.05, 0.1) is 21.4 Å². The molecule has 0 spiro atoms. The summed E-state index contributed by atoms with van der Waals surface area (Å²) in [5.41, 5.74) is 9.02. The Morgan fingerprint density at radius 1 is 0.316 bits per heavy atom. The number of thiophene rings is 2. The van der Waals surface area contributed by atoms with Crippen molar-refractivity contribution in [3.63, 3.8) is 0 Å². The lowest BCUT2D eigenvalue weighted by molar-refractivity contribution is 1.07. The van der Waals surface area contributed by atoms with Gasteiger partial charge in [-0.3, -0.25) is 0 Å². The second-order valence-electron chi connectivity index (χ2n) is 14.4. The highest BCUT2D eigenvalue weighted by Crippen LogP contribution is 2.43. The van der Waals surface area contributed by atoms with E-state index in [0.717, 1.165) is 16.7 Å². The van der Waals surface area contributed by atoms with Gasteiger partial charge in [-0.15, -0.1) is 22.7 Å². The van der Waals surface area contributed by atoms with E-state index in [2.05, 4.69) is 126 Å². The summed E-state index contributed by atoms with van der Waals surface area (Å²) in [5.74, 6) is 2.00. The number of rotatable bonds is 5. The van der Waals surface area contributed by atoms with Crippen LogP contribution >= 0.6 is 22.7 Å². The molecule has 0 saturated carbocycles. The molecule has 6 heteroatoms. The lowest BCUT2D eigenvalue weighted by Gasteiger charge is -2.09. The molecule has 57 heavy (non-hydrogen) atoms. The maximum atomic E-state index is 4.98. The molecule has 0 aliphatic carbocycles. The molecule has 0 bridgehead atoms. The average molecular weight is 763 g/mol. The van der Waals surface area contributed by atoms with Crippen LogP contribution in [0.4, 0.5) is 0 Å². The van der Waals surface area contributed by atoms with E-state index >= 15 is 0 Å². The highest BCUT2D eigenvalue weighted by atomic mass is 32.1. The lowest BCUT2D eigenvalue weighted by atomic mass is 10.0. The molecule has 0 unspecified atom stereocenters. The molecule has 0 amide bonds. The lowest BCUT2D eigenvalue weighted by Crippen LogP contribution is -1.99. The van der Waals surface area contributed by atoms with Crippen LogP contribution in [0.2, 0.25) is 0 Å². The Kier molecular flexibility index (Phi) is 7.24. The summed E-state index contributed by atoms with van der Waals surface area (Å²) in [4.78, 5) is 14.9. The maximum absolute atomic E-state index is 4.98. The number of para-hydroxylation sites is 2. The molecular weight excluding hydrogens is 733 g/mol. The van der Waals surface area contributed by atoms with Crippen molar-refractivity contribution in [3.05, 3.63) is 182 Å². The largest absolute Gasteiger partial charge is 0.308 e. The molecule has 266 valence electrons. The summed E-state index contributed by atoms with van der Waals surface area (Å²) < 4.78 is 7.50. The van der Waals surface area contributed by atoms with Crippen molar-refractivity contribution in [3.8, 4) is 51.0 Å². The van der Waals surface area contributed by atoms with Crippen molar-refractivity contribution in [1.29, 1.82) is 0 Å². The zero-order valence-corrected chi connectivity index (χ0v) is 32.1. The van der Waals surface area contributed by atoms with Crippen LogP contribution in [0.25, 0.3) is 113 Å². The minimum Gasteiger partial charge on any atom is -0.308 e. The van der Waals surface area contributed by atoms with Crippen LogP contribution in [0.3, 0.4) is 0 Å². The summed E-state index contributed by atoms with van der Waals surface area (Å²) in [5, 5.41) is 7.63. The molecule has 0 aliphatic rings. The normalized spacial score (nSPS) is 11.9. The van der Waals surface area contributed by atoms with E-state index < -0.39 is 0 Å². The van der Waals surface area contributed by atoms with Gasteiger partial charge in [0.1, 0.15) is 0 Å². The van der Waals surface area contributed by atoms with E-state index in [1.165, 1.54) is 79.0 Å². The molecule has 8 aromatic carbocycles. The van der Waals surface area contributed by atoms with Gasteiger partial charge in [-0.25, -0.2) is 15.0 Å². The fraction of sp³-hybridized carbons (Fsp3) is 0. The Bertz CT molecular complexity index is 3410. The molecule has 12 rings (SSSR count). The quantitative estimate of drug-likeness (QED) is 0.175. The Balaban J connectivity index is 0.948. The first-order chi connectivity index (χ1) is 28.2. The highest BCUT2D eigenvalue weighted by Gasteiger charge is 2.18. The van der Waals surface area contributed by atoms with Crippen molar-refractivity contribution in [2.24, 2.45) is 0 Å². The summed E-state index contributed by atoms with van der Waals surface area (Å²) in [6.07, 6.45) is 0. The molecule has 4 nitrogen and oxygen atoms in total. The van der Waals surface area contributed by atoms with Gasteiger partial charge in [-0.05, 0) is 53.6 Å². The molecular formula is C51H30N4S2. The fourth-order valence-electron chi connectivity index (χ4n) is 8.35. The summed E-state index contributed by atoms with van der Waals surface area (Å²) >= 11 is 3.70. The number of aromatic nitrogens is 4. The smallest absolute Gasteiger partial charge is 0.164 e. The Labute approximate surface area is 335 Å². The third-order valence-electron chi connectivity index (χ3n) is 11.1. The van der Waals surface area contributed by atoms with E-state index in [1.807, 2.05) is 83.3 Å². The fourth-order valence-corrected chi connectivity index (χ4v) is 10.7. The van der Waals surface area contributed by atoms with Gasteiger partial charge in [0.2, 0.25) is 0 Å². The second-order valence-corrected chi connectivity index (χ2v) is 16.5. The molecule has 0 fully saturated rings. The van der Waals surface area contributed by atoms with E-state index in [0.29, 0.717) is 17.5 Å². The Morgan fingerprint density at radius 3 is 1.47 bits per heavy atom. The zero-order chi connectivity index (χ0) is 37.5. The minimum absolute atomic E-state index is 0.666. The first-order valence-electron chi connectivity index (χ1n) is 19.0. The van der Waals surface area contributed by atoms with Crippen LogP contribution in [0.15, 0.2) is 182 Å². The third-order valence-corrected chi connectivity index (χ3v) is 13.4. The van der Waals surface area contributed by atoms with Crippen molar-refractivity contribution >= 4 is 84.8 Å². The van der Waals surface area contributed by atoms with Gasteiger partial charge >= 0.3 is 0 Å². The number of fused-ring (bicyclic) bond motifs is 9. The van der Waals surface area contributed by atoms with Crippen molar-refractivity contribution < 1.29 is 0 Å². The maximum Gasteiger partial charge on any atom is 0.164 e. The van der Waals surface area contributed by atoms with Crippen LogP contribution in [0, 0.1) is 0 Å². The SMILES string of the molecule is c1ccc(-c2nc(-c3ccccc3)nc(-c3ccc4c(c3)sc3cc(-c5ccc6sc7c(-n8c9ccccc9c9ccccc98)cccc7c6c5)ccc34)n2)cc1.